The Labute approximate surface area is 226 Å². The van der Waals surface area contributed by atoms with Gasteiger partial charge in [0.1, 0.15) is 0 Å². The second kappa shape index (κ2) is 10.4. The highest BCUT2D eigenvalue weighted by Crippen LogP contribution is 2.30. The molecule has 2 N–H and O–H groups in total. The molecule has 0 aliphatic heterocycles. The van der Waals surface area contributed by atoms with Crippen LogP contribution in [0.15, 0.2) is 139 Å². The van der Waals surface area contributed by atoms with Crippen molar-refractivity contribution in [2.24, 2.45) is 5.10 Å². The molecule has 0 fully saturated rings. The average molecular weight is 510 g/mol. The fraction of sp³-hybridized carbons (Fsp3) is 0.0588. The topological polar surface area (TPSA) is 66.6 Å². The highest BCUT2D eigenvalue weighted by Gasteiger charge is 2.39. The van der Waals surface area contributed by atoms with Gasteiger partial charge in [-0.25, -0.2) is 5.43 Å². The van der Waals surface area contributed by atoms with E-state index < -0.39 is 11.5 Å². The summed E-state index contributed by atoms with van der Waals surface area (Å²) in [4.78, 5) is 13.4. The van der Waals surface area contributed by atoms with Crippen molar-refractivity contribution in [2.75, 3.05) is 0 Å². The monoisotopic (exact) mass is 509 g/mol. The van der Waals surface area contributed by atoms with Gasteiger partial charge in [0.15, 0.2) is 5.60 Å². The fourth-order valence-corrected chi connectivity index (χ4v) is 5.15. The van der Waals surface area contributed by atoms with Crippen molar-refractivity contribution >= 4 is 33.8 Å². The van der Waals surface area contributed by atoms with Gasteiger partial charge in [-0.05, 0) is 33.5 Å². The third kappa shape index (κ3) is 4.60. The Kier molecular flexibility index (Phi) is 6.49. The molecule has 0 spiro atoms. The minimum Gasteiger partial charge on any atom is -0.372 e. The molecule has 0 saturated heterocycles. The number of aromatic nitrogens is 1. The smallest absolute Gasteiger partial charge is 0.281 e. The minimum absolute atomic E-state index is 0.468. The van der Waals surface area contributed by atoms with Crippen LogP contribution in [0.4, 0.5) is 0 Å². The van der Waals surface area contributed by atoms with Gasteiger partial charge in [0.05, 0.1) is 6.21 Å². The summed E-state index contributed by atoms with van der Waals surface area (Å²) in [5.74, 6) is -0.629. The van der Waals surface area contributed by atoms with E-state index in [-0.39, 0.29) is 0 Å². The maximum Gasteiger partial charge on any atom is 0.281 e. The van der Waals surface area contributed by atoms with Gasteiger partial charge in [-0.3, -0.25) is 4.79 Å². The quantitative estimate of drug-likeness (QED) is 0.198. The van der Waals surface area contributed by atoms with Crippen LogP contribution in [0.2, 0.25) is 0 Å². The molecule has 0 unspecified atom stereocenters. The summed E-state index contributed by atoms with van der Waals surface area (Å²) in [6, 6.07) is 40.7. The number of benzene rings is 5. The molecule has 5 aromatic carbocycles. The van der Waals surface area contributed by atoms with E-state index in [1.165, 1.54) is 16.3 Å². The lowest BCUT2D eigenvalue weighted by Crippen LogP contribution is -2.43. The summed E-state index contributed by atoms with van der Waals surface area (Å²) < 4.78 is 2.20. The second-order valence-electron chi connectivity index (χ2n) is 9.51. The Morgan fingerprint density at radius 1 is 0.744 bits per heavy atom. The van der Waals surface area contributed by atoms with Crippen molar-refractivity contribution in [1.29, 1.82) is 0 Å². The largest absolute Gasteiger partial charge is 0.372 e. The maximum atomic E-state index is 13.4. The molecule has 0 bridgehead atoms. The summed E-state index contributed by atoms with van der Waals surface area (Å²) in [6.45, 7) is 0.698. The first-order valence-corrected chi connectivity index (χ1v) is 12.9. The van der Waals surface area contributed by atoms with Crippen LogP contribution in [0.5, 0.6) is 0 Å². The number of carbonyl (C=O) groups excluding carboxylic acids is 1. The van der Waals surface area contributed by atoms with E-state index in [2.05, 4.69) is 63.6 Å². The molecule has 6 aromatic rings. The molecule has 0 aliphatic rings. The van der Waals surface area contributed by atoms with Crippen LogP contribution >= 0.6 is 0 Å². The normalized spacial score (nSPS) is 11.8. The summed E-state index contributed by atoms with van der Waals surface area (Å²) in [5, 5.41) is 19.4. The van der Waals surface area contributed by atoms with E-state index in [1.807, 2.05) is 36.5 Å². The zero-order chi connectivity index (χ0) is 26.7. The number of carbonyl (C=O) groups is 1. The van der Waals surface area contributed by atoms with E-state index in [4.69, 9.17) is 0 Å². The van der Waals surface area contributed by atoms with Crippen molar-refractivity contribution in [3.05, 3.63) is 156 Å². The molecule has 1 heterocycles. The number of para-hydroxylation sites is 1. The Morgan fingerprint density at radius 2 is 1.33 bits per heavy atom. The minimum atomic E-state index is -1.89. The van der Waals surface area contributed by atoms with Gasteiger partial charge in [0, 0.05) is 29.2 Å². The van der Waals surface area contributed by atoms with E-state index in [9.17, 15) is 9.90 Å². The lowest BCUT2D eigenvalue weighted by molar-refractivity contribution is -0.136. The molecule has 0 radical (unpaired) electrons. The van der Waals surface area contributed by atoms with Crippen molar-refractivity contribution < 1.29 is 9.90 Å². The number of nitrogens with one attached hydrogen (secondary N) is 1. The zero-order valence-corrected chi connectivity index (χ0v) is 21.2. The van der Waals surface area contributed by atoms with Crippen LogP contribution < -0.4 is 5.43 Å². The molecule has 5 heteroatoms. The first-order valence-electron chi connectivity index (χ1n) is 12.9. The van der Waals surface area contributed by atoms with Crippen molar-refractivity contribution in [1.82, 2.24) is 9.99 Å². The number of fused-ring (bicyclic) bond motifs is 2. The summed E-state index contributed by atoms with van der Waals surface area (Å²) in [7, 11) is 0. The third-order valence-corrected chi connectivity index (χ3v) is 7.12. The highest BCUT2D eigenvalue weighted by atomic mass is 16.3. The van der Waals surface area contributed by atoms with E-state index in [1.54, 1.807) is 54.7 Å². The average Bonchev–Trinajstić information content (AvgIpc) is 3.35. The summed E-state index contributed by atoms with van der Waals surface area (Å²) in [5.41, 5.74) is 4.80. The molecule has 190 valence electrons. The summed E-state index contributed by atoms with van der Waals surface area (Å²) in [6.07, 6.45) is 3.68. The Balaban J connectivity index is 1.31. The molecule has 0 atom stereocenters. The molecule has 6 rings (SSSR count). The van der Waals surface area contributed by atoms with Crippen LogP contribution in [0, 0.1) is 0 Å². The third-order valence-electron chi connectivity index (χ3n) is 7.12. The maximum absolute atomic E-state index is 13.4. The summed E-state index contributed by atoms with van der Waals surface area (Å²) >= 11 is 0. The molecule has 1 aromatic heterocycles. The Morgan fingerprint density at radius 3 is 2.05 bits per heavy atom. The lowest BCUT2D eigenvalue weighted by atomic mass is 9.85. The second-order valence-corrected chi connectivity index (χ2v) is 9.51. The Hall–Kier alpha value is -5.00. The Bertz CT molecular complexity index is 1750. The van der Waals surface area contributed by atoms with Gasteiger partial charge in [-0.2, -0.15) is 5.10 Å². The van der Waals surface area contributed by atoms with Crippen LogP contribution in [-0.4, -0.2) is 21.8 Å². The van der Waals surface area contributed by atoms with Crippen molar-refractivity contribution in [3.8, 4) is 0 Å². The van der Waals surface area contributed by atoms with E-state index >= 15 is 0 Å². The first-order chi connectivity index (χ1) is 19.1. The van der Waals surface area contributed by atoms with Crippen LogP contribution in [-0.2, 0) is 16.9 Å². The van der Waals surface area contributed by atoms with Gasteiger partial charge in [0.2, 0.25) is 0 Å². The number of amides is 1. The number of hydrogen-bond donors (Lipinski definition) is 2. The van der Waals surface area contributed by atoms with Crippen molar-refractivity contribution in [2.45, 2.75) is 12.1 Å². The van der Waals surface area contributed by atoms with E-state index in [0.717, 1.165) is 16.5 Å². The number of hydrazone groups is 1. The van der Waals surface area contributed by atoms with Gasteiger partial charge in [-0.15, -0.1) is 0 Å². The predicted octanol–water partition coefficient (Wildman–Crippen LogP) is 6.23. The molecule has 5 nitrogen and oxygen atoms in total. The number of rotatable bonds is 7. The number of aliphatic hydroxyl groups is 1. The lowest BCUT2D eigenvalue weighted by Gasteiger charge is -2.27. The number of hydrogen-bond acceptors (Lipinski definition) is 3. The zero-order valence-electron chi connectivity index (χ0n) is 21.2. The molecule has 39 heavy (non-hydrogen) atoms. The number of nitrogens with zero attached hydrogens (tertiary/aromatic N) is 2. The van der Waals surface area contributed by atoms with Gasteiger partial charge in [0.25, 0.3) is 5.91 Å². The van der Waals surface area contributed by atoms with Crippen LogP contribution in [0.25, 0.3) is 21.7 Å². The molecule has 0 aliphatic carbocycles. The predicted molar refractivity (Wildman–Crippen MR) is 157 cm³/mol. The molecule has 1 amide bonds. The fourth-order valence-electron chi connectivity index (χ4n) is 5.15. The van der Waals surface area contributed by atoms with Crippen LogP contribution in [0.3, 0.4) is 0 Å². The molecule has 0 saturated carbocycles. The van der Waals surface area contributed by atoms with Gasteiger partial charge in [-0.1, -0.05) is 121 Å². The van der Waals surface area contributed by atoms with Gasteiger partial charge >= 0.3 is 0 Å². The van der Waals surface area contributed by atoms with Gasteiger partial charge < -0.3 is 9.67 Å². The highest BCUT2D eigenvalue weighted by molar-refractivity contribution is 6.00. The van der Waals surface area contributed by atoms with E-state index in [0.29, 0.717) is 17.7 Å². The molecular weight excluding hydrogens is 482 g/mol. The SMILES string of the molecule is O=C(N/N=C/c1cn(Cc2cccc3ccccc23)c2ccccc12)C(O)(c1ccccc1)c1ccccc1. The standard InChI is InChI=1S/C34H27N3O2/c38-33(34(39,28-15-3-1-4-16-28)29-17-5-2-6-18-29)36-35-22-27-24-37(32-21-10-9-20-31(27)32)23-26-14-11-13-25-12-7-8-19-30(25)26/h1-22,24,39H,23H2,(H,36,38)/b35-22+. The van der Waals surface area contributed by atoms with Crippen molar-refractivity contribution in [3.63, 3.8) is 0 Å². The first kappa shape index (κ1) is 24.3. The van der Waals surface area contributed by atoms with Crippen LogP contribution in [0.1, 0.15) is 22.3 Å². The molecular formula is C34H27N3O2.